The van der Waals surface area contributed by atoms with Gasteiger partial charge in [-0.2, -0.15) is 0 Å². The molecule has 10 heteroatoms. The molecule has 1 aliphatic rings. The maximum Gasteiger partial charge on any atom is 0.321 e. The number of benzene rings is 2. The van der Waals surface area contributed by atoms with Gasteiger partial charge in [0, 0.05) is 12.7 Å². The zero-order valence-electron chi connectivity index (χ0n) is 20.4. The van der Waals surface area contributed by atoms with Gasteiger partial charge in [0.2, 0.25) is 17.6 Å². The van der Waals surface area contributed by atoms with Gasteiger partial charge in [-0.15, -0.1) is 0 Å². The summed E-state index contributed by atoms with van der Waals surface area (Å²) in [4.78, 5) is 33.4. The first-order valence-electron chi connectivity index (χ1n) is 11.2. The summed E-state index contributed by atoms with van der Waals surface area (Å²) < 4.78 is 29.3. The maximum atomic E-state index is 13.9. The van der Waals surface area contributed by atoms with Crippen LogP contribution in [-0.4, -0.2) is 69.6 Å². The molecule has 0 N–H and O–H groups in total. The number of methoxy groups -OCH3 is 4. The van der Waals surface area contributed by atoms with Crippen LogP contribution in [0.15, 0.2) is 36.4 Å². The molecule has 186 valence electrons. The smallest absolute Gasteiger partial charge is 0.321 e. The third kappa shape index (κ3) is 4.03. The Balaban J connectivity index is 2.05. The molecule has 0 radical (unpaired) electrons. The highest BCUT2D eigenvalue weighted by Gasteiger charge is 2.49. The van der Waals surface area contributed by atoms with Crippen LogP contribution in [0.3, 0.4) is 0 Å². The second-order valence-corrected chi connectivity index (χ2v) is 7.85. The van der Waals surface area contributed by atoms with E-state index in [2.05, 4.69) is 0 Å². The van der Waals surface area contributed by atoms with Crippen LogP contribution in [0.25, 0.3) is 11.0 Å². The third-order valence-corrected chi connectivity index (χ3v) is 6.06. The van der Waals surface area contributed by atoms with E-state index in [-0.39, 0.29) is 19.8 Å². The number of ether oxygens (including phenoxy) is 5. The lowest BCUT2D eigenvalue weighted by molar-refractivity contribution is -0.153. The van der Waals surface area contributed by atoms with Crippen LogP contribution >= 0.6 is 0 Å². The highest BCUT2D eigenvalue weighted by atomic mass is 16.5. The van der Waals surface area contributed by atoms with Crippen LogP contribution < -0.4 is 19.1 Å². The number of esters is 1. The van der Waals surface area contributed by atoms with Gasteiger partial charge in [0.25, 0.3) is 0 Å². The minimum Gasteiger partial charge on any atom is -0.493 e. The highest BCUT2D eigenvalue weighted by molar-refractivity contribution is 6.08. The van der Waals surface area contributed by atoms with Crippen molar-refractivity contribution in [3.05, 3.63) is 42.0 Å². The normalized spacial score (nSPS) is 17.3. The van der Waals surface area contributed by atoms with Crippen molar-refractivity contribution in [1.82, 2.24) is 9.55 Å². The average molecular weight is 484 g/mol. The standard InChI is InChI=1S/C25H29N3O7/c1-6-35-24(30)19-20(15-11-12-18(32-3)22(34-5)21(15)33-4)28-17-10-8-7-9-16(17)26-25(28)27(23(19)29)13-14-31-2/h7-12,19-20H,6,13-14H2,1-5H3/t19-,20+/m1/s1. The first-order chi connectivity index (χ1) is 17.0. The fraction of sp³-hybridized carbons (Fsp3) is 0.400. The van der Waals surface area contributed by atoms with Gasteiger partial charge in [-0.1, -0.05) is 12.1 Å². The van der Waals surface area contributed by atoms with Crippen molar-refractivity contribution in [2.45, 2.75) is 13.0 Å². The summed E-state index contributed by atoms with van der Waals surface area (Å²) >= 11 is 0. The van der Waals surface area contributed by atoms with E-state index in [0.717, 1.165) is 5.52 Å². The van der Waals surface area contributed by atoms with Gasteiger partial charge in [0.1, 0.15) is 0 Å². The summed E-state index contributed by atoms with van der Waals surface area (Å²) in [6.45, 7) is 2.34. The Bertz CT molecular complexity index is 1240. The van der Waals surface area contributed by atoms with E-state index in [1.807, 2.05) is 28.8 Å². The predicted octanol–water partition coefficient (Wildman–Crippen LogP) is 2.82. The first-order valence-corrected chi connectivity index (χ1v) is 11.2. The highest BCUT2D eigenvalue weighted by Crippen LogP contribution is 2.48. The number of carbonyl (C=O) groups is 2. The molecular weight excluding hydrogens is 454 g/mol. The number of rotatable bonds is 9. The fourth-order valence-corrected chi connectivity index (χ4v) is 4.58. The van der Waals surface area contributed by atoms with Crippen LogP contribution in [0.1, 0.15) is 18.5 Å². The molecule has 2 heterocycles. The number of imidazole rings is 1. The van der Waals surface area contributed by atoms with Crippen molar-refractivity contribution < 1.29 is 33.3 Å². The number of fused-ring (bicyclic) bond motifs is 3. The van der Waals surface area contributed by atoms with Crippen molar-refractivity contribution >= 4 is 28.9 Å². The van der Waals surface area contributed by atoms with Crippen molar-refractivity contribution in [3.8, 4) is 17.2 Å². The first kappa shape index (κ1) is 24.3. The Morgan fingerprint density at radius 3 is 2.40 bits per heavy atom. The van der Waals surface area contributed by atoms with Crippen LogP contribution in [0.5, 0.6) is 17.2 Å². The van der Waals surface area contributed by atoms with E-state index in [9.17, 15) is 9.59 Å². The molecule has 0 aliphatic carbocycles. The third-order valence-electron chi connectivity index (χ3n) is 6.06. The Morgan fingerprint density at radius 1 is 1.00 bits per heavy atom. The Morgan fingerprint density at radius 2 is 1.74 bits per heavy atom. The summed E-state index contributed by atoms with van der Waals surface area (Å²) in [5.74, 6) is -0.668. The molecule has 0 saturated heterocycles. The molecule has 1 aliphatic heterocycles. The minimum absolute atomic E-state index is 0.133. The summed E-state index contributed by atoms with van der Waals surface area (Å²) in [6, 6.07) is 10.2. The largest absolute Gasteiger partial charge is 0.493 e. The van der Waals surface area contributed by atoms with Crippen LogP contribution in [0, 0.1) is 5.92 Å². The lowest BCUT2D eigenvalue weighted by atomic mass is 9.88. The van der Waals surface area contributed by atoms with Crippen LogP contribution in [0.4, 0.5) is 5.95 Å². The molecule has 2 atom stereocenters. The average Bonchev–Trinajstić information content (AvgIpc) is 3.25. The van der Waals surface area contributed by atoms with Crippen LogP contribution in [0.2, 0.25) is 0 Å². The number of amides is 1. The molecule has 0 fully saturated rings. The topological polar surface area (TPSA) is 101 Å². The molecule has 1 aromatic heterocycles. The summed E-state index contributed by atoms with van der Waals surface area (Å²) in [5, 5.41) is 0. The molecule has 0 spiro atoms. The van der Waals surface area contributed by atoms with E-state index in [4.69, 9.17) is 28.7 Å². The van der Waals surface area contributed by atoms with E-state index in [0.29, 0.717) is 34.3 Å². The quantitative estimate of drug-likeness (QED) is 0.338. The van der Waals surface area contributed by atoms with Gasteiger partial charge in [0.15, 0.2) is 17.4 Å². The lowest BCUT2D eigenvalue weighted by Crippen LogP contribution is -2.51. The maximum absolute atomic E-state index is 13.9. The number of hydrogen-bond donors (Lipinski definition) is 0. The summed E-state index contributed by atoms with van der Waals surface area (Å²) in [6.07, 6.45) is 0. The SMILES string of the molecule is CCOC(=O)[C@H]1C(=O)N(CCOC)c2nc3ccccc3n2[C@H]1c1ccc(OC)c(OC)c1OC. The number of anilines is 1. The van der Waals surface area contributed by atoms with Crippen LogP contribution in [-0.2, 0) is 19.1 Å². The zero-order valence-corrected chi connectivity index (χ0v) is 20.4. The van der Waals surface area contributed by atoms with Gasteiger partial charge < -0.3 is 28.3 Å². The number of aromatic nitrogens is 2. The number of nitrogens with zero attached hydrogens (tertiary/aromatic N) is 3. The lowest BCUT2D eigenvalue weighted by Gasteiger charge is -2.38. The number of hydrogen-bond acceptors (Lipinski definition) is 8. The van der Waals surface area contributed by atoms with Crippen molar-refractivity contribution in [2.75, 3.05) is 53.1 Å². The molecule has 1 amide bonds. The van der Waals surface area contributed by atoms with Crippen molar-refractivity contribution in [2.24, 2.45) is 5.92 Å². The zero-order chi connectivity index (χ0) is 25.1. The van der Waals surface area contributed by atoms with Crippen molar-refractivity contribution in [3.63, 3.8) is 0 Å². The molecule has 3 aromatic rings. The minimum atomic E-state index is -1.19. The van der Waals surface area contributed by atoms with Crippen molar-refractivity contribution in [1.29, 1.82) is 0 Å². The second kappa shape index (κ2) is 10.2. The molecule has 0 bridgehead atoms. The van der Waals surface area contributed by atoms with Gasteiger partial charge in [-0.05, 0) is 31.2 Å². The van der Waals surface area contributed by atoms with E-state index in [1.165, 1.54) is 26.2 Å². The predicted molar refractivity (Wildman–Crippen MR) is 128 cm³/mol. The Labute approximate surface area is 203 Å². The Kier molecular flexibility index (Phi) is 7.11. The molecule has 0 saturated carbocycles. The van der Waals surface area contributed by atoms with Gasteiger partial charge in [-0.25, -0.2) is 4.98 Å². The monoisotopic (exact) mass is 483 g/mol. The molecule has 4 rings (SSSR count). The van der Waals surface area contributed by atoms with Gasteiger partial charge in [-0.3, -0.25) is 14.5 Å². The van der Waals surface area contributed by atoms with E-state index >= 15 is 0 Å². The molecule has 10 nitrogen and oxygen atoms in total. The van der Waals surface area contributed by atoms with Gasteiger partial charge >= 0.3 is 5.97 Å². The second-order valence-electron chi connectivity index (χ2n) is 7.85. The Hall–Kier alpha value is -3.79. The van der Waals surface area contributed by atoms with E-state index in [1.54, 1.807) is 26.2 Å². The summed E-state index contributed by atoms with van der Waals surface area (Å²) in [5.41, 5.74) is 2.01. The van der Waals surface area contributed by atoms with Gasteiger partial charge in [0.05, 0.1) is 58.2 Å². The fourth-order valence-electron chi connectivity index (χ4n) is 4.58. The number of para-hydroxylation sites is 2. The molecule has 35 heavy (non-hydrogen) atoms. The molecule has 2 aromatic carbocycles. The number of carbonyl (C=O) groups excluding carboxylic acids is 2. The molecular formula is C25H29N3O7. The van der Waals surface area contributed by atoms with E-state index < -0.39 is 23.8 Å². The summed E-state index contributed by atoms with van der Waals surface area (Å²) in [7, 11) is 6.08. The molecule has 0 unspecified atom stereocenters.